The summed E-state index contributed by atoms with van der Waals surface area (Å²) >= 11 is 0. The molecule has 58 heavy (non-hydrogen) atoms. The molecule has 0 aromatic heterocycles. The van der Waals surface area contributed by atoms with Crippen LogP contribution in [0.4, 0.5) is 0 Å². The van der Waals surface area contributed by atoms with E-state index in [0.717, 1.165) is 25.7 Å². The third-order valence-electron chi connectivity index (χ3n) is 12.8. The number of carbonyl (C=O) groups excluding carboxylic acids is 2. The second kappa shape index (κ2) is 43.3. The van der Waals surface area contributed by atoms with Gasteiger partial charge in [0.1, 0.15) is 6.54 Å². The fourth-order valence-electron chi connectivity index (χ4n) is 8.98. The van der Waals surface area contributed by atoms with Gasteiger partial charge in [0.25, 0.3) is 0 Å². The summed E-state index contributed by atoms with van der Waals surface area (Å²) in [6, 6.07) is 0. The maximum Gasteiger partial charge on any atom is 0.204 e. The number of hydrogen-bond donors (Lipinski definition) is 0. The minimum Gasteiger partial charge on any atom is -0.541 e. The number of ketones is 2. The van der Waals surface area contributed by atoms with Crippen LogP contribution in [0.25, 0.3) is 0 Å². The van der Waals surface area contributed by atoms with Gasteiger partial charge in [-0.15, -0.1) is 0 Å². The Morgan fingerprint density at radius 1 is 0.345 bits per heavy atom. The number of quaternary nitrogens is 1. The van der Waals surface area contributed by atoms with Gasteiger partial charge in [-0.1, -0.05) is 271 Å². The number of unbranched alkanes of at least 4 members (excludes halogenated alkanes) is 40. The van der Waals surface area contributed by atoms with Crippen LogP contribution in [0.15, 0.2) is 0 Å². The molecular weight excluding hydrogens is 730 g/mol. The summed E-state index contributed by atoms with van der Waals surface area (Å²) in [5.74, 6) is -0.0799. The van der Waals surface area contributed by atoms with Crippen LogP contribution in [0.2, 0.25) is 0 Å². The van der Waals surface area contributed by atoms with Crippen molar-refractivity contribution in [3.05, 3.63) is 0 Å². The van der Waals surface area contributed by atoms with E-state index in [2.05, 4.69) is 23.3 Å². The smallest absolute Gasteiger partial charge is 0.204 e. The molecule has 0 rings (SSSR count). The first-order valence-corrected chi connectivity index (χ1v) is 26.9. The van der Waals surface area contributed by atoms with Crippen molar-refractivity contribution in [1.29, 1.82) is 0 Å². The van der Waals surface area contributed by atoms with Crippen LogP contribution in [0.5, 0.6) is 0 Å². The topological polar surface area (TPSA) is 43.4 Å². The maximum atomic E-state index is 13.6. The Bertz CT molecular complexity index is 812. The highest BCUT2D eigenvalue weighted by molar-refractivity contribution is 7.10. The number of carbonyl (C=O) groups is 2. The Hall–Kier alpha value is -0.310. The Morgan fingerprint density at radius 3 is 0.672 bits per heavy atom. The molecule has 0 N–H and O–H groups in total. The van der Waals surface area contributed by atoms with E-state index in [-0.39, 0.29) is 11.6 Å². The van der Waals surface area contributed by atoms with Gasteiger partial charge in [0.15, 0.2) is 11.6 Å². The lowest BCUT2D eigenvalue weighted by molar-refractivity contribution is -0.873. The predicted molar refractivity (Wildman–Crippen MR) is 260 cm³/mol. The molecule has 0 saturated heterocycles. The second-order valence-corrected chi connectivity index (χ2v) is 20.1. The standard InChI is InChI=1S/C53H106NO3P/c1-6-8-10-12-14-16-18-20-22-24-26-28-30-32-34-36-38-40-42-44-46-48-51(55)53(57-58,50-54(3,4)5)52(56)49-47-45-43-41-39-37-35-33-31-29-27-25-23-21-19-17-15-13-11-9-7-2/h58H,6-50H2,1-5H3. The van der Waals surface area contributed by atoms with Crippen LogP contribution in [-0.4, -0.2) is 49.3 Å². The van der Waals surface area contributed by atoms with Crippen LogP contribution in [0.1, 0.15) is 296 Å². The number of hydrogen-bond acceptors (Lipinski definition) is 3. The van der Waals surface area contributed by atoms with E-state index in [4.69, 9.17) is 4.52 Å². The second-order valence-electron chi connectivity index (χ2n) is 19.9. The van der Waals surface area contributed by atoms with Crippen molar-refractivity contribution in [2.75, 3.05) is 27.7 Å². The number of rotatable bonds is 49. The molecule has 0 bridgehead atoms. The number of nitrogens with zero attached hydrogens (tertiary/aromatic N) is 1. The van der Waals surface area contributed by atoms with E-state index >= 15 is 0 Å². The fraction of sp³-hybridized carbons (Fsp3) is 0.962. The van der Waals surface area contributed by atoms with Crippen molar-refractivity contribution in [1.82, 2.24) is 0 Å². The lowest BCUT2D eigenvalue weighted by Crippen LogP contribution is -2.58. The summed E-state index contributed by atoms with van der Waals surface area (Å²) in [5, 5.41) is 0. The van der Waals surface area contributed by atoms with Crippen molar-refractivity contribution in [2.45, 2.75) is 302 Å². The Morgan fingerprint density at radius 2 is 0.517 bits per heavy atom. The third-order valence-corrected chi connectivity index (χ3v) is 13.1. The quantitative estimate of drug-likeness (QED) is 0.0265. The van der Waals surface area contributed by atoms with E-state index in [9.17, 15) is 9.59 Å². The molecule has 0 spiro atoms. The van der Waals surface area contributed by atoms with E-state index in [1.807, 2.05) is 21.1 Å². The largest absolute Gasteiger partial charge is 0.541 e. The summed E-state index contributed by atoms with van der Waals surface area (Å²) in [5.41, 5.74) is -1.38. The number of Topliss-reactive ketones (excluding diaryl/α,β-unsaturated/α-hetero) is 2. The van der Waals surface area contributed by atoms with Crippen molar-refractivity contribution < 1.29 is 18.6 Å². The lowest BCUT2D eigenvalue weighted by Gasteiger charge is -2.39. The minimum absolute atomic E-state index is 0.0400. The molecule has 0 aliphatic heterocycles. The van der Waals surface area contributed by atoms with Gasteiger partial charge < -0.3 is 18.5 Å². The molecule has 0 aliphatic carbocycles. The molecule has 0 saturated carbocycles. The Balaban J connectivity index is 3.93. The van der Waals surface area contributed by atoms with Crippen LogP contribution >= 0.6 is 9.47 Å². The Kier molecular flexibility index (Phi) is 43.1. The van der Waals surface area contributed by atoms with Crippen molar-refractivity contribution >= 4 is 21.0 Å². The molecule has 5 heteroatoms. The summed E-state index contributed by atoms with van der Waals surface area (Å²) in [6.45, 7) is 4.96. The maximum absolute atomic E-state index is 13.6. The van der Waals surface area contributed by atoms with Gasteiger partial charge in [-0.05, 0) is 12.8 Å². The summed E-state index contributed by atoms with van der Waals surface area (Å²) in [4.78, 5) is 27.3. The first kappa shape index (κ1) is 57.7. The SMILES string of the molecule is CCCCCCCCCCCCCCCCCCCCCCCC(=O)C(C[N+](C)(C)C)(O[PH-])C(=O)CCCCCCCCCCCCCCCCCCCCCCC. The molecule has 0 fully saturated rings. The van der Waals surface area contributed by atoms with Gasteiger partial charge in [0, 0.05) is 12.8 Å². The average molecular weight is 836 g/mol. The Labute approximate surface area is 368 Å². The zero-order valence-corrected chi connectivity index (χ0v) is 41.5. The van der Waals surface area contributed by atoms with Gasteiger partial charge in [0.05, 0.1) is 21.1 Å². The molecule has 0 aromatic rings. The molecule has 4 nitrogen and oxygen atoms in total. The van der Waals surface area contributed by atoms with Crippen molar-refractivity contribution in [3.8, 4) is 0 Å². The average Bonchev–Trinajstić information content (AvgIpc) is 3.20. The van der Waals surface area contributed by atoms with Gasteiger partial charge in [-0.2, -0.15) is 0 Å². The van der Waals surface area contributed by atoms with Crippen LogP contribution < -0.4 is 0 Å². The molecule has 346 valence electrons. The fourth-order valence-corrected chi connectivity index (χ4v) is 9.28. The lowest BCUT2D eigenvalue weighted by atomic mass is 9.86. The zero-order valence-electron chi connectivity index (χ0n) is 40.5. The van der Waals surface area contributed by atoms with Crippen molar-refractivity contribution in [2.24, 2.45) is 0 Å². The van der Waals surface area contributed by atoms with Crippen LogP contribution in [-0.2, 0) is 14.1 Å². The van der Waals surface area contributed by atoms with Gasteiger partial charge in [0.2, 0.25) is 5.60 Å². The molecule has 0 unspecified atom stereocenters. The summed E-state index contributed by atoms with van der Waals surface area (Å²) < 4.78 is 6.24. The van der Waals surface area contributed by atoms with E-state index in [1.165, 1.54) is 244 Å². The minimum atomic E-state index is -1.38. The predicted octanol–water partition coefficient (Wildman–Crippen LogP) is 17.8. The molecule has 0 aliphatic rings. The molecule has 0 amide bonds. The molecule has 0 heterocycles. The van der Waals surface area contributed by atoms with Gasteiger partial charge >= 0.3 is 0 Å². The normalized spacial score (nSPS) is 12.2. The van der Waals surface area contributed by atoms with E-state index < -0.39 is 5.60 Å². The summed E-state index contributed by atoms with van der Waals surface area (Å²) in [6.07, 6.45) is 57.5. The monoisotopic (exact) mass is 836 g/mol. The highest BCUT2D eigenvalue weighted by Crippen LogP contribution is 2.27. The van der Waals surface area contributed by atoms with Crippen LogP contribution in [0, 0.1) is 0 Å². The zero-order chi connectivity index (χ0) is 42.7. The highest BCUT2D eigenvalue weighted by atomic mass is 31.0. The van der Waals surface area contributed by atoms with Crippen LogP contribution in [0.3, 0.4) is 0 Å². The molecule has 0 atom stereocenters. The van der Waals surface area contributed by atoms with E-state index in [0.29, 0.717) is 23.9 Å². The molecular formula is C53H106NO3P. The molecule has 0 aromatic carbocycles. The molecule has 0 radical (unpaired) electrons. The van der Waals surface area contributed by atoms with Gasteiger partial charge in [-0.3, -0.25) is 9.59 Å². The first-order chi connectivity index (χ1) is 28.2. The number of likely N-dealkylation sites (N-methyl/N-ethyl adjacent to an activating group) is 1. The van der Waals surface area contributed by atoms with Crippen molar-refractivity contribution in [3.63, 3.8) is 0 Å². The third kappa shape index (κ3) is 37.5. The van der Waals surface area contributed by atoms with Gasteiger partial charge in [-0.25, -0.2) is 0 Å². The first-order valence-electron chi connectivity index (χ1n) is 26.4. The highest BCUT2D eigenvalue weighted by Gasteiger charge is 2.46. The van der Waals surface area contributed by atoms with E-state index in [1.54, 1.807) is 0 Å². The summed E-state index contributed by atoms with van der Waals surface area (Å²) in [7, 11) is 9.35.